The molecule has 2 N–H and O–H groups in total. The smallest absolute Gasteiger partial charge is 0.300 e. The van der Waals surface area contributed by atoms with E-state index >= 15 is 0 Å². The number of benzene rings is 3. The summed E-state index contributed by atoms with van der Waals surface area (Å²) in [6.45, 7) is 6.38. The van der Waals surface area contributed by atoms with Crippen LogP contribution in [0.15, 0.2) is 70.7 Å². The summed E-state index contributed by atoms with van der Waals surface area (Å²) in [7, 11) is 0. The first-order chi connectivity index (χ1) is 17.3. The third-order valence-electron chi connectivity index (χ3n) is 5.89. The molecule has 8 heteroatoms. The first-order valence-corrected chi connectivity index (χ1v) is 12.3. The number of carbonyl (C=O) groups excluding carboxylic acids is 2. The molecule has 1 aliphatic heterocycles. The van der Waals surface area contributed by atoms with Crippen LogP contribution in [0.4, 0.5) is 5.69 Å². The predicted octanol–water partition coefficient (Wildman–Crippen LogP) is 5.89. The summed E-state index contributed by atoms with van der Waals surface area (Å²) < 4.78 is 12.2. The maximum absolute atomic E-state index is 13.4. The Morgan fingerprint density at radius 3 is 2.25 bits per heavy atom. The number of aliphatic hydroxyl groups excluding tert-OH is 1. The Labute approximate surface area is 217 Å². The second kappa shape index (κ2) is 10.5. The van der Waals surface area contributed by atoms with E-state index in [9.17, 15) is 19.8 Å². The van der Waals surface area contributed by atoms with E-state index in [-0.39, 0.29) is 17.1 Å². The molecule has 1 saturated heterocycles. The Balaban J connectivity index is 1.92. The molecular formula is C28H26BrNO6. The third kappa shape index (κ3) is 4.68. The maximum atomic E-state index is 13.4. The molecule has 1 amide bonds. The number of amides is 1. The minimum atomic E-state index is -0.929. The summed E-state index contributed by atoms with van der Waals surface area (Å²) in [5.74, 6) is -0.870. The van der Waals surface area contributed by atoms with Gasteiger partial charge in [-0.1, -0.05) is 34.1 Å². The van der Waals surface area contributed by atoms with Gasteiger partial charge in [0, 0.05) is 21.8 Å². The normalized spacial score (nSPS) is 16.9. The molecule has 0 spiro atoms. The zero-order chi connectivity index (χ0) is 26.0. The Bertz CT molecular complexity index is 1350. The number of hydrogen-bond acceptors (Lipinski definition) is 6. The van der Waals surface area contributed by atoms with Gasteiger partial charge >= 0.3 is 0 Å². The number of aromatic hydroxyl groups is 1. The molecule has 0 aliphatic carbocycles. The van der Waals surface area contributed by atoms with Crippen LogP contribution in [0.1, 0.15) is 36.6 Å². The van der Waals surface area contributed by atoms with Crippen LogP contribution in [-0.2, 0) is 9.59 Å². The maximum Gasteiger partial charge on any atom is 0.300 e. The third-order valence-corrected chi connectivity index (χ3v) is 6.78. The van der Waals surface area contributed by atoms with Crippen LogP contribution in [0.3, 0.4) is 0 Å². The zero-order valence-electron chi connectivity index (χ0n) is 20.1. The molecular weight excluding hydrogens is 526 g/mol. The van der Waals surface area contributed by atoms with Gasteiger partial charge in [-0.2, -0.15) is 0 Å². The minimum absolute atomic E-state index is 0.0407. The summed E-state index contributed by atoms with van der Waals surface area (Å²) in [5.41, 5.74) is 2.20. The van der Waals surface area contributed by atoms with Gasteiger partial charge in [-0.3, -0.25) is 14.5 Å². The fourth-order valence-corrected chi connectivity index (χ4v) is 4.45. The summed E-state index contributed by atoms with van der Waals surface area (Å²) >= 11 is 3.44. The lowest BCUT2D eigenvalue weighted by Gasteiger charge is -2.26. The molecule has 0 radical (unpaired) electrons. The highest BCUT2D eigenvalue weighted by atomic mass is 79.9. The second-order valence-corrected chi connectivity index (χ2v) is 9.08. The molecule has 1 fully saturated rings. The highest BCUT2D eigenvalue weighted by Gasteiger charge is 2.47. The van der Waals surface area contributed by atoms with Crippen LogP contribution in [0, 0.1) is 6.92 Å². The molecule has 1 atom stereocenters. The van der Waals surface area contributed by atoms with Crippen LogP contribution in [0.25, 0.3) is 5.76 Å². The molecule has 7 nitrogen and oxygen atoms in total. The summed E-state index contributed by atoms with van der Waals surface area (Å²) in [6.07, 6.45) is 0. The Morgan fingerprint density at radius 1 is 0.944 bits per heavy atom. The molecule has 1 heterocycles. The SMILES string of the molecule is CCOc1ccc(N2C(=O)C(=O)/C(=C(/O)c3ccc(Br)c(C)c3)C2c2ccc(O)cc2)cc1OCC. The molecule has 3 aromatic rings. The van der Waals surface area contributed by atoms with Crippen LogP contribution >= 0.6 is 15.9 Å². The largest absolute Gasteiger partial charge is 0.508 e. The van der Waals surface area contributed by atoms with Crippen molar-refractivity contribution >= 4 is 39.1 Å². The van der Waals surface area contributed by atoms with Crippen LogP contribution in [0.5, 0.6) is 17.2 Å². The van der Waals surface area contributed by atoms with Gasteiger partial charge < -0.3 is 19.7 Å². The zero-order valence-corrected chi connectivity index (χ0v) is 21.7. The number of anilines is 1. The molecule has 3 aromatic carbocycles. The van der Waals surface area contributed by atoms with Gasteiger partial charge in [0.05, 0.1) is 24.8 Å². The topological polar surface area (TPSA) is 96.3 Å². The molecule has 0 saturated carbocycles. The van der Waals surface area contributed by atoms with E-state index in [1.807, 2.05) is 20.8 Å². The lowest BCUT2D eigenvalue weighted by Crippen LogP contribution is -2.29. The van der Waals surface area contributed by atoms with Crippen molar-refractivity contribution in [2.45, 2.75) is 26.8 Å². The molecule has 1 aliphatic rings. The minimum Gasteiger partial charge on any atom is -0.508 e. The number of ether oxygens (including phenoxy) is 2. The number of phenolic OH excluding ortho intramolecular Hbond substituents is 1. The van der Waals surface area contributed by atoms with E-state index in [2.05, 4.69) is 15.9 Å². The number of aryl methyl sites for hydroxylation is 1. The molecule has 4 rings (SSSR count). The van der Waals surface area contributed by atoms with Crippen molar-refractivity contribution in [3.05, 3.63) is 87.4 Å². The van der Waals surface area contributed by atoms with Crippen molar-refractivity contribution in [3.8, 4) is 17.2 Å². The number of hydrogen-bond donors (Lipinski definition) is 2. The van der Waals surface area contributed by atoms with Crippen molar-refractivity contribution < 1.29 is 29.3 Å². The van der Waals surface area contributed by atoms with Gasteiger partial charge in [0.15, 0.2) is 11.5 Å². The average Bonchev–Trinajstić information content (AvgIpc) is 3.12. The number of nitrogens with zero attached hydrogens (tertiary/aromatic N) is 1. The number of rotatable bonds is 7. The van der Waals surface area contributed by atoms with Crippen molar-refractivity contribution in [1.82, 2.24) is 0 Å². The van der Waals surface area contributed by atoms with Gasteiger partial charge in [0.2, 0.25) is 0 Å². The van der Waals surface area contributed by atoms with Crippen LogP contribution < -0.4 is 14.4 Å². The van der Waals surface area contributed by atoms with Gasteiger partial charge in [0.25, 0.3) is 11.7 Å². The van der Waals surface area contributed by atoms with Crippen molar-refractivity contribution in [3.63, 3.8) is 0 Å². The van der Waals surface area contributed by atoms with E-state index in [1.54, 1.807) is 48.5 Å². The van der Waals surface area contributed by atoms with Crippen molar-refractivity contribution in [1.29, 1.82) is 0 Å². The van der Waals surface area contributed by atoms with E-state index in [0.29, 0.717) is 41.5 Å². The number of halogens is 1. The van der Waals surface area contributed by atoms with Crippen LogP contribution in [-0.4, -0.2) is 35.1 Å². The number of carbonyl (C=O) groups is 2. The standard InChI is InChI=1S/C28H26BrNO6/c1-4-35-22-13-9-19(15-23(22)36-5-2)30-25(17-6-10-20(31)11-7-17)24(27(33)28(30)34)26(32)18-8-12-21(29)16(3)14-18/h6-15,25,31-32H,4-5H2,1-3H3/b26-24+. The van der Waals surface area contributed by atoms with Gasteiger partial charge in [-0.15, -0.1) is 0 Å². The Morgan fingerprint density at radius 2 is 1.61 bits per heavy atom. The van der Waals surface area contributed by atoms with E-state index in [1.165, 1.54) is 17.0 Å². The lowest BCUT2D eigenvalue weighted by atomic mass is 9.94. The Hall–Kier alpha value is -3.78. The lowest BCUT2D eigenvalue weighted by molar-refractivity contribution is -0.132. The summed E-state index contributed by atoms with van der Waals surface area (Å²) in [6, 6.07) is 15.5. The fourth-order valence-electron chi connectivity index (χ4n) is 4.21. The molecule has 0 bridgehead atoms. The second-order valence-electron chi connectivity index (χ2n) is 8.22. The van der Waals surface area contributed by atoms with Gasteiger partial charge in [0.1, 0.15) is 11.5 Å². The van der Waals surface area contributed by atoms with Gasteiger partial charge in [-0.05, 0) is 68.3 Å². The predicted molar refractivity (Wildman–Crippen MR) is 141 cm³/mol. The van der Waals surface area contributed by atoms with E-state index in [4.69, 9.17) is 9.47 Å². The average molecular weight is 552 g/mol. The van der Waals surface area contributed by atoms with Crippen molar-refractivity contribution in [2.75, 3.05) is 18.1 Å². The number of Topliss-reactive ketones (excluding diaryl/α,β-unsaturated/α-hetero) is 1. The summed E-state index contributed by atoms with van der Waals surface area (Å²) in [4.78, 5) is 28.1. The number of phenols is 1. The highest BCUT2D eigenvalue weighted by molar-refractivity contribution is 9.10. The van der Waals surface area contributed by atoms with E-state index < -0.39 is 17.7 Å². The monoisotopic (exact) mass is 551 g/mol. The molecule has 36 heavy (non-hydrogen) atoms. The van der Waals surface area contributed by atoms with Gasteiger partial charge in [-0.25, -0.2) is 0 Å². The highest BCUT2D eigenvalue weighted by Crippen LogP contribution is 2.44. The number of aliphatic hydroxyl groups is 1. The first kappa shape index (κ1) is 25.3. The summed E-state index contributed by atoms with van der Waals surface area (Å²) in [5, 5.41) is 21.1. The van der Waals surface area contributed by atoms with Crippen LogP contribution in [0.2, 0.25) is 0 Å². The fraction of sp³-hybridized carbons (Fsp3) is 0.214. The molecule has 0 aromatic heterocycles. The van der Waals surface area contributed by atoms with Crippen molar-refractivity contribution in [2.24, 2.45) is 0 Å². The molecule has 186 valence electrons. The first-order valence-electron chi connectivity index (χ1n) is 11.5. The quantitative estimate of drug-likeness (QED) is 0.216. The number of ketones is 1. The van der Waals surface area contributed by atoms with E-state index in [0.717, 1.165) is 10.0 Å². The Kier molecular flexibility index (Phi) is 7.35. The molecule has 1 unspecified atom stereocenters.